The predicted molar refractivity (Wildman–Crippen MR) is 141 cm³/mol. The van der Waals surface area contributed by atoms with Gasteiger partial charge in [-0.3, -0.25) is 19.1 Å². The van der Waals surface area contributed by atoms with Crippen molar-refractivity contribution in [3.05, 3.63) is 53.3 Å². The van der Waals surface area contributed by atoms with E-state index >= 15 is 0 Å². The number of hydrogen-bond acceptors (Lipinski definition) is 6. The molecule has 10 heteroatoms. The smallest absolute Gasteiger partial charge is 0.272 e. The first-order valence-corrected chi connectivity index (χ1v) is 13.2. The van der Waals surface area contributed by atoms with Gasteiger partial charge in [-0.25, -0.2) is 0 Å². The van der Waals surface area contributed by atoms with E-state index in [1.807, 2.05) is 30.3 Å². The molecule has 1 fully saturated rings. The standard InChI is InChI=1S/C27H39N7O3/c1-4-12-32-14-16-33(17-15-32)13-8-11-28-24(35)22-18-23-25(36)31(3)27(2,20-34(23)30-22)26(37)29-19-21-9-6-5-7-10-21/h5-7,9-10,18H,4,8,11-17,19-20H2,1-3H3,(H,28,35)(H,29,37)/t27-/m1/s1. The summed E-state index contributed by atoms with van der Waals surface area (Å²) in [4.78, 5) is 45.3. The fourth-order valence-corrected chi connectivity index (χ4v) is 4.95. The first-order valence-electron chi connectivity index (χ1n) is 13.2. The van der Waals surface area contributed by atoms with Gasteiger partial charge in [0.1, 0.15) is 11.2 Å². The van der Waals surface area contributed by atoms with Crippen molar-refractivity contribution in [1.29, 1.82) is 0 Å². The number of carbonyl (C=O) groups excluding carboxylic acids is 3. The number of carbonyl (C=O) groups is 3. The van der Waals surface area contributed by atoms with Gasteiger partial charge in [0.05, 0.1) is 6.54 Å². The Morgan fingerprint density at radius 2 is 1.70 bits per heavy atom. The van der Waals surface area contributed by atoms with Crippen molar-refractivity contribution in [2.75, 3.05) is 52.9 Å². The molecule has 1 aromatic heterocycles. The molecule has 4 rings (SSSR count). The van der Waals surface area contributed by atoms with Crippen molar-refractivity contribution in [1.82, 2.24) is 35.1 Å². The average Bonchev–Trinajstić information content (AvgIpc) is 3.34. The Kier molecular flexibility index (Phi) is 8.60. The van der Waals surface area contributed by atoms with Crippen molar-refractivity contribution < 1.29 is 14.4 Å². The Morgan fingerprint density at radius 3 is 2.38 bits per heavy atom. The van der Waals surface area contributed by atoms with Crippen LogP contribution < -0.4 is 10.6 Å². The minimum absolute atomic E-state index is 0.169. The zero-order valence-electron chi connectivity index (χ0n) is 22.2. The molecule has 0 aliphatic carbocycles. The van der Waals surface area contributed by atoms with E-state index in [1.54, 1.807) is 14.0 Å². The molecule has 2 aliphatic rings. The van der Waals surface area contributed by atoms with Gasteiger partial charge in [0.15, 0.2) is 5.69 Å². The lowest BCUT2D eigenvalue weighted by Gasteiger charge is -2.40. The van der Waals surface area contributed by atoms with Gasteiger partial charge in [-0.05, 0) is 38.4 Å². The van der Waals surface area contributed by atoms with Crippen LogP contribution in [0.15, 0.2) is 36.4 Å². The molecule has 1 atom stereocenters. The zero-order valence-corrected chi connectivity index (χ0v) is 22.2. The highest BCUT2D eigenvalue weighted by atomic mass is 16.2. The quantitative estimate of drug-likeness (QED) is 0.467. The third-order valence-corrected chi connectivity index (χ3v) is 7.46. The molecule has 0 saturated carbocycles. The summed E-state index contributed by atoms with van der Waals surface area (Å²) in [7, 11) is 1.61. The third-order valence-electron chi connectivity index (χ3n) is 7.46. The number of aromatic nitrogens is 2. The van der Waals surface area contributed by atoms with Gasteiger partial charge in [-0.2, -0.15) is 5.10 Å². The fraction of sp³-hybridized carbons (Fsp3) is 0.556. The molecular formula is C27H39N7O3. The van der Waals surface area contributed by atoms with E-state index in [0.717, 1.165) is 51.3 Å². The van der Waals surface area contributed by atoms with Crippen LogP contribution in [0.25, 0.3) is 0 Å². The average molecular weight is 510 g/mol. The lowest BCUT2D eigenvalue weighted by atomic mass is 9.96. The van der Waals surface area contributed by atoms with Crippen molar-refractivity contribution >= 4 is 17.7 Å². The SMILES string of the molecule is CCCN1CCN(CCCNC(=O)c2cc3n(n2)C[C@](C)(C(=O)NCc2ccccc2)N(C)C3=O)CC1. The maximum absolute atomic E-state index is 13.1. The molecular weight excluding hydrogens is 470 g/mol. The monoisotopic (exact) mass is 509 g/mol. The summed E-state index contributed by atoms with van der Waals surface area (Å²) in [5.74, 6) is -0.910. The third kappa shape index (κ3) is 6.19. The molecule has 0 spiro atoms. The minimum atomic E-state index is -1.13. The first kappa shape index (κ1) is 26.8. The molecule has 200 valence electrons. The lowest BCUT2D eigenvalue weighted by Crippen LogP contribution is -2.62. The summed E-state index contributed by atoms with van der Waals surface area (Å²) >= 11 is 0. The van der Waals surface area contributed by atoms with E-state index in [0.29, 0.717) is 18.8 Å². The topological polar surface area (TPSA) is 103 Å². The van der Waals surface area contributed by atoms with Crippen LogP contribution in [0.2, 0.25) is 0 Å². The van der Waals surface area contributed by atoms with E-state index in [9.17, 15) is 14.4 Å². The van der Waals surface area contributed by atoms with Gasteiger partial charge < -0.3 is 25.3 Å². The van der Waals surface area contributed by atoms with Crippen LogP contribution in [0.1, 0.15) is 53.2 Å². The molecule has 1 saturated heterocycles. The highest BCUT2D eigenvalue weighted by Gasteiger charge is 2.46. The summed E-state index contributed by atoms with van der Waals surface area (Å²) in [6, 6.07) is 11.1. The Morgan fingerprint density at radius 1 is 1.03 bits per heavy atom. The molecule has 3 heterocycles. The Balaban J connectivity index is 1.29. The second-order valence-electron chi connectivity index (χ2n) is 10.2. The van der Waals surface area contributed by atoms with Crippen LogP contribution in [-0.2, 0) is 17.9 Å². The van der Waals surface area contributed by atoms with E-state index in [-0.39, 0.29) is 30.0 Å². The van der Waals surface area contributed by atoms with Crippen LogP contribution in [0.5, 0.6) is 0 Å². The largest absolute Gasteiger partial charge is 0.351 e. The number of benzene rings is 1. The van der Waals surface area contributed by atoms with Gasteiger partial charge in [0.25, 0.3) is 11.8 Å². The van der Waals surface area contributed by atoms with E-state index in [2.05, 4.69) is 32.5 Å². The number of likely N-dealkylation sites (N-methyl/N-ethyl adjacent to an activating group) is 1. The maximum atomic E-state index is 13.1. The highest BCUT2D eigenvalue weighted by Crippen LogP contribution is 2.26. The van der Waals surface area contributed by atoms with E-state index < -0.39 is 5.54 Å². The number of amides is 3. The van der Waals surface area contributed by atoms with E-state index in [4.69, 9.17) is 0 Å². The molecule has 1 aromatic carbocycles. The lowest BCUT2D eigenvalue weighted by molar-refractivity contribution is -0.132. The Bertz CT molecular complexity index is 1090. The number of nitrogens with zero attached hydrogens (tertiary/aromatic N) is 5. The molecule has 0 radical (unpaired) electrons. The molecule has 0 unspecified atom stereocenters. The summed E-state index contributed by atoms with van der Waals surface area (Å²) in [5, 5.41) is 10.2. The molecule has 2 N–H and O–H groups in total. The summed E-state index contributed by atoms with van der Waals surface area (Å²) < 4.78 is 1.48. The molecule has 10 nitrogen and oxygen atoms in total. The van der Waals surface area contributed by atoms with E-state index in [1.165, 1.54) is 22.1 Å². The van der Waals surface area contributed by atoms with Crippen molar-refractivity contribution in [2.45, 2.75) is 45.3 Å². The van der Waals surface area contributed by atoms with Crippen LogP contribution in [0.4, 0.5) is 0 Å². The first-order chi connectivity index (χ1) is 17.8. The zero-order chi connectivity index (χ0) is 26.4. The second-order valence-corrected chi connectivity index (χ2v) is 10.2. The Labute approximate surface area is 219 Å². The van der Waals surface area contributed by atoms with Crippen molar-refractivity contribution in [3.8, 4) is 0 Å². The number of piperazine rings is 1. The van der Waals surface area contributed by atoms with Crippen LogP contribution >= 0.6 is 0 Å². The van der Waals surface area contributed by atoms with Gasteiger partial charge in [0.2, 0.25) is 5.91 Å². The van der Waals surface area contributed by atoms with Crippen molar-refractivity contribution in [2.24, 2.45) is 0 Å². The normalized spacial score (nSPS) is 20.5. The second kappa shape index (κ2) is 11.9. The number of nitrogens with one attached hydrogen (secondary N) is 2. The molecule has 2 aliphatic heterocycles. The van der Waals surface area contributed by atoms with Gasteiger partial charge in [-0.15, -0.1) is 0 Å². The maximum Gasteiger partial charge on any atom is 0.272 e. The number of fused-ring (bicyclic) bond motifs is 1. The molecule has 2 aromatic rings. The summed E-state index contributed by atoms with van der Waals surface area (Å²) in [5.41, 5.74) is 0.353. The predicted octanol–water partition coefficient (Wildman–Crippen LogP) is 1.19. The van der Waals surface area contributed by atoms with Gasteiger partial charge in [-0.1, -0.05) is 37.3 Å². The number of hydrogen-bond donors (Lipinski definition) is 2. The summed E-state index contributed by atoms with van der Waals surface area (Å²) in [6.07, 6.45) is 2.04. The summed E-state index contributed by atoms with van der Waals surface area (Å²) in [6.45, 7) is 11.5. The number of rotatable bonds is 10. The Hall–Kier alpha value is -3.24. The minimum Gasteiger partial charge on any atom is -0.351 e. The fourth-order valence-electron chi connectivity index (χ4n) is 4.95. The van der Waals surface area contributed by atoms with Crippen LogP contribution in [0, 0.1) is 0 Å². The van der Waals surface area contributed by atoms with Gasteiger partial charge in [0, 0.05) is 52.4 Å². The molecule has 0 bridgehead atoms. The van der Waals surface area contributed by atoms with Crippen LogP contribution in [0.3, 0.4) is 0 Å². The van der Waals surface area contributed by atoms with Gasteiger partial charge >= 0.3 is 0 Å². The van der Waals surface area contributed by atoms with Crippen molar-refractivity contribution in [3.63, 3.8) is 0 Å². The van der Waals surface area contributed by atoms with Crippen LogP contribution in [-0.4, -0.2) is 101 Å². The molecule has 37 heavy (non-hydrogen) atoms. The highest BCUT2D eigenvalue weighted by molar-refractivity contribution is 6.01. The molecule has 3 amide bonds.